The van der Waals surface area contributed by atoms with E-state index in [4.69, 9.17) is 9.97 Å². The van der Waals surface area contributed by atoms with Gasteiger partial charge >= 0.3 is 5.69 Å². The topological polar surface area (TPSA) is 95.5 Å². The van der Waals surface area contributed by atoms with Crippen molar-refractivity contribution in [1.82, 2.24) is 34.6 Å². The van der Waals surface area contributed by atoms with E-state index in [-0.39, 0.29) is 11.7 Å². The van der Waals surface area contributed by atoms with Crippen LogP contribution >= 0.6 is 0 Å². The van der Waals surface area contributed by atoms with Gasteiger partial charge in [0.2, 0.25) is 0 Å². The zero-order valence-corrected chi connectivity index (χ0v) is 23.0. The average molecular weight is 552 g/mol. The quantitative estimate of drug-likeness (QED) is 0.261. The van der Waals surface area contributed by atoms with Crippen molar-refractivity contribution in [2.24, 2.45) is 0 Å². The van der Waals surface area contributed by atoms with Gasteiger partial charge in [0.15, 0.2) is 0 Å². The maximum absolute atomic E-state index is 12.7. The minimum Gasteiger partial charge on any atom is -0.306 e. The lowest BCUT2D eigenvalue weighted by Crippen LogP contribution is -2.36. The van der Waals surface area contributed by atoms with Crippen LogP contribution in [0.15, 0.2) is 102 Å². The summed E-state index contributed by atoms with van der Waals surface area (Å²) in [5.74, 6) is 0. The van der Waals surface area contributed by atoms with Crippen LogP contribution in [0.5, 0.6) is 0 Å². The van der Waals surface area contributed by atoms with Gasteiger partial charge in [-0.15, -0.1) is 0 Å². The molecular weight excluding hydrogens is 522 g/mol. The van der Waals surface area contributed by atoms with E-state index < -0.39 is 0 Å². The Morgan fingerprint density at radius 1 is 0.762 bits per heavy atom. The highest BCUT2D eigenvalue weighted by atomic mass is 16.1. The van der Waals surface area contributed by atoms with E-state index in [2.05, 4.69) is 56.5 Å². The number of likely N-dealkylation sites (tertiary alicyclic amines) is 1. The molecule has 1 aliphatic rings. The molecule has 0 saturated carbocycles. The number of nitrogens with one attached hydrogen (secondary N) is 2. The Morgan fingerprint density at radius 2 is 1.45 bits per heavy atom. The summed E-state index contributed by atoms with van der Waals surface area (Å²) in [5.41, 5.74) is 9.60. The minimum atomic E-state index is -0.00844. The van der Waals surface area contributed by atoms with Gasteiger partial charge in [0.05, 0.1) is 45.2 Å². The van der Waals surface area contributed by atoms with Crippen LogP contribution in [0.1, 0.15) is 24.4 Å². The molecule has 8 nitrogen and oxygen atoms in total. The van der Waals surface area contributed by atoms with Gasteiger partial charge in [-0.2, -0.15) is 5.10 Å². The van der Waals surface area contributed by atoms with Gasteiger partial charge in [-0.05, 0) is 42.7 Å². The molecule has 1 aliphatic heterocycles. The summed E-state index contributed by atoms with van der Waals surface area (Å²) in [6.45, 7) is 2.78. The van der Waals surface area contributed by atoms with Crippen LogP contribution in [0.2, 0.25) is 0 Å². The van der Waals surface area contributed by atoms with Crippen molar-refractivity contribution in [3.63, 3.8) is 0 Å². The van der Waals surface area contributed by atoms with E-state index in [0.29, 0.717) is 0 Å². The number of aromatic amines is 2. The molecule has 42 heavy (non-hydrogen) atoms. The second kappa shape index (κ2) is 10.1. The summed E-state index contributed by atoms with van der Waals surface area (Å²) in [5, 5.41) is 8.24. The fourth-order valence-corrected chi connectivity index (χ4v) is 6.29. The number of hydrogen-bond donors (Lipinski definition) is 2. The van der Waals surface area contributed by atoms with Crippen molar-refractivity contribution >= 4 is 33.0 Å². The van der Waals surface area contributed by atoms with E-state index in [9.17, 15) is 4.79 Å². The Balaban J connectivity index is 1.04. The first-order chi connectivity index (χ1) is 20.7. The molecule has 8 rings (SSSR count). The van der Waals surface area contributed by atoms with Crippen LogP contribution in [-0.2, 0) is 6.54 Å². The summed E-state index contributed by atoms with van der Waals surface area (Å²) in [7, 11) is 0. The maximum Gasteiger partial charge on any atom is 0.326 e. The normalized spacial score (nSPS) is 14.8. The second-order valence-corrected chi connectivity index (χ2v) is 11.1. The van der Waals surface area contributed by atoms with Gasteiger partial charge in [0.25, 0.3) is 0 Å². The van der Waals surface area contributed by atoms with E-state index >= 15 is 0 Å². The summed E-state index contributed by atoms with van der Waals surface area (Å²) < 4.78 is 1.95. The predicted molar refractivity (Wildman–Crippen MR) is 166 cm³/mol. The molecule has 4 heterocycles. The van der Waals surface area contributed by atoms with Crippen LogP contribution in [0.25, 0.3) is 55.5 Å². The van der Waals surface area contributed by atoms with E-state index in [1.165, 1.54) is 5.56 Å². The molecule has 8 heteroatoms. The van der Waals surface area contributed by atoms with Crippen LogP contribution in [0, 0.1) is 0 Å². The van der Waals surface area contributed by atoms with Crippen LogP contribution < -0.4 is 5.69 Å². The summed E-state index contributed by atoms with van der Waals surface area (Å²) >= 11 is 0. The summed E-state index contributed by atoms with van der Waals surface area (Å²) in [6.07, 6.45) is 3.73. The molecule has 2 N–H and O–H groups in total. The zero-order chi connectivity index (χ0) is 28.0. The fraction of sp³-hybridized carbons (Fsp3) is 0.176. The van der Waals surface area contributed by atoms with Crippen molar-refractivity contribution in [3.8, 4) is 22.5 Å². The molecule has 0 bridgehead atoms. The zero-order valence-electron chi connectivity index (χ0n) is 23.0. The van der Waals surface area contributed by atoms with Crippen LogP contribution in [0.3, 0.4) is 0 Å². The number of hydrogen-bond acceptors (Lipinski definition) is 5. The molecule has 7 aromatic rings. The number of imidazole rings is 1. The van der Waals surface area contributed by atoms with Gasteiger partial charge in [-0.3, -0.25) is 14.6 Å². The van der Waals surface area contributed by atoms with E-state index in [0.717, 1.165) is 88.0 Å². The number of aromatic nitrogens is 6. The van der Waals surface area contributed by atoms with Crippen molar-refractivity contribution in [1.29, 1.82) is 0 Å². The highest BCUT2D eigenvalue weighted by Gasteiger charge is 2.23. The largest absolute Gasteiger partial charge is 0.326 e. The first-order valence-electron chi connectivity index (χ1n) is 14.4. The smallest absolute Gasteiger partial charge is 0.306 e. The van der Waals surface area contributed by atoms with Crippen LogP contribution in [-0.4, -0.2) is 47.7 Å². The Hall–Kier alpha value is -5.08. The summed E-state index contributed by atoms with van der Waals surface area (Å²) in [4.78, 5) is 28.3. The van der Waals surface area contributed by atoms with Crippen molar-refractivity contribution in [2.75, 3.05) is 13.1 Å². The molecule has 0 amide bonds. The Kier molecular flexibility index (Phi) is 5.93. The van der Waals surface area contributed by atoms with Gasteiger partial charge in [0.1, 0.15) is 0 Å². The number of rotatable bonds is 5. The molecule has 0 unspecified atom stereocenters. The van der Waals surface area contributed by atoms with Crippen molar-refractivity contribution in [3.05, 3.63) is 113 Å². The molecule has 3 aromatic heterocycles. The molecule has 0 radical (unpaired) electrons. The molecule has 0 atom stereocenters. The molecular formula is C34H29N7O. The molecule has 1 saturated heterocycles. The van der Waals surface area contributed by atoms with Gasteiger partial charge in [-0.1, -0.05) is 66.7 Å². The van der Waals surface area contributed by atoms with Gasteiger partial charge in [-0.25, -0.2) is 14.8 Å². The molecule has 206 valence electrons. The summed E-state index contributed by atoms with van der Waals surface area (Å²) in [6, 6.07) is 31.2. The number of para-hydroxylation sites is 2. The van der Waals surface area contributed by atoms with Crippen molar-refractivity contribution < 1.29 is 0 Å². The lowest BCUT2D eigenvalue weighted by atomic mass is 10.0. The van der Waals surface area contributed by atoms with E-state index in [1.807, 2.05) is 65.4 Å². The lowest BCUT2D eigenvalue weighted by molar-refractivity contribution is 0.180. The van der Waals surface area contributed by atoms with Crippen LogP contribution in [0.4, 0.5) is 0 Å². The predicted octanol–water partition coefficient (Wildman–Crippen LogP) is 6.32. The average Bonchev–Trinajstić information content (AvgIpc) is 3.63. The Bertz CT molecular complexity index is 2100. The fourth-order valence-electron chi connectivity index (χ4n) is 6.29. The van der Waals surface area contributed by atoms with Gasteiger partial charge in [0, 0.05) is 42.2 Å². The third kappa shape index (κ3) is 4.37. The number of fused-ring (bicyclic) bond motifs is 3. The first kappa shape index (κ1) is 24.7. The Labute approximate surface area is 241 Å². The minimum absolute atomic E-state index is 0.00844. The second-order valence-electron chi connectivity index (χ2n) is 11.1. The number of H-pyrrole nitrogens is 2. The standard InChI is InChI=1S/C34H29N7O/c42-34-38-27-8-4-5-9-31(27)41(34)26-14-16-40(17-15-26)21-22-10-12-24(13-11-22)33-32(23-6-2-1-3-7-23)36-29-18-25-20-35-39-28(25)19-30(29)37-33/h1-13,18-20,26H,14-17,21H2,(H,35,39)(H,38,42). The number of nitrogens with zero attached hydrogens (tertiary/aromatic N) is 5. The lowest BCUT2D eigenvalue weighted by Gasteiger charge is -2.32. The van der Waals surface area contributed by atoms with E-state index in [1.54, 1.807) is 0 Å². The third-order valence-corrected chi connectivity index (χ3v) is 8.45. The monoisotopic (exact) mass is 551 g/mol. The molecule has 0 aliphatic carbocycles. The highest BCUT2D eigenvalue weighted by Crippen LogP contribution is 2.33. The maximum atomic E-state index is 12.7. The first-order valence-corrected chi connectivity index (χ1v) is 14.4. The Morgan fingerprint density at radius 3 is 2.24 bits per heavy atom. The molecule has 0 spiro atoms. The third-order valence-electron chi connectivity index (χ3n) is 8.45. The molecule has 1 fully saturated rings. The molecule has 4 aromatic carbocycles. The SMILES string of the molecule is O=c1[nH]c2ccccc2n1C1CCN(Cc2ccc(-c3nc4cc5[nH]ncc5cc4nc3-c3ccccc3)cc2)CC1. The number of benzene rings is 4. The number of piperidine rings is 1. The highest BCUT2D eigenvalue weighted by molar-refractivity contribution is 5.95. The van der Waals surface area contributed by atoms with Crippen molar-refractivity contribution in [2.45, 2.75) is 25.4 Å². The van der Waals surface area contributed by atoms with Gasteiger partial charge < -0.3 is 4.98 Å².